The molecule has 1 N–H and O–H groups in total. The number of aryl methyl sites for hydroxylation is 1. The number of para-hydroxylation sites is 2. The van der Waals surface area contributed by atoms with Crippen molar-refractivity contribution in [2.45, 2.75) is 40.2 Å². The molecule has 2 heterocycles. The van der Waals surface area contributed by atoms with Gasteiger partial charge in [-0.2, -0.15) is 0 Å². The summed E-state index contributed by atoms with van der Waals surface area (Å²) in [5.74, 6) is 1.81. The highest BCUT2D eigenvalue weighted by molar-refractivity contribution is 5.98. The lowest BCUT2D eigenvalue weighted by Gasteiger charge is -2.08. The lowest BCUT2D eigenvalue weighted by molar-refractivity contribution is 0.101. The van der Waals surface area contributed by atoms with Crippen molar-refractivity contribution in [2.75, 3.05) is 0 Å². The maximum atomic E-state index is 11.9. The number of carbonyl (C=O) groups excluding carboxylic acids is 1. The fraction of sp³-hybridized carbons (Fsp3) is 0.368. The van der Waals surface area contributed by atoms with E-state index in [-0.39, 0.29) is 5.78 Å². The molecule has 0 spiro atoms. The van der Waals surface area contributed by atoms with Crippen molar-refractivity contribution in [3.63, 3.8) is 0 Å². The molecular weight excluding hydrogens is 286 g/mol. The molecule has 0 aliphatic heterocycles. The van der Waals surface area contributed by atoms with Crippen LogP contribution in [0.4, 0.5) is 0 Å². The number of aromatic nitrogens is 3. The van der Waals surface area contributed by atoms with Crippen molar-refractivity contribution >= 4 is 16.8 Å². The summed E-state index contributed by atoms with van der Waals surface area (Å²) in [4.78, 5) is 20.2. The number of benzene rings is 1. The number of aromatic amines is 1. The number of imidazole rings is 1. The maximum Gasteiger partial charge on any atom is 0.161 e. The summed E-state index contributed by atoms with van der Waals surface area (Å²) in [6.07, 6.45) is 2.60. The van der Waals surface area contributed by atoms with Gasteiger partial charge in [-0.3, -0.25) is 4.79 Å². The number of rotatable bonds is 4. The third kappa shape index (κ3) is 2.29. The van der Waals surface area contributed by atoms with Crippen molar-refractivity contribution < 1.29 is 4.79 Å². The average Bonchev–Trinajstić information content (AvgIpc) is 3.18. The molecule has 0 atom stereocenters. The molecule has 1 fully saturated rings. The minimum absolute atomic E-state index is 0.104. The number of fused-ring (bicyclic) bond motifs is 1. The number of H-pyrrole nitrogens is 1. The van der Waals surface area contributed by atoms with Gasteiger partial charge in [0.15, 0.2) is 11.6 Å². The van der Waals surface area contributed by atoms with Crippen LogP contribution in [0.3, 0.4) is 0 Å². The molecule has 2 aromatic heterocycles. The minimum atomic E-state index is 0.104. The Morgan fingerprint density at radius 3 is 2.70 bits per heavy atom. The first-order chi connectivity index (χ1) is 11.1. The van der Waals surface area contributed by atoms with Gasteiger partial charge in [0, 0.05) is 17.8 Å². The molecule has 3 aromatic rings. The number of ketones is 1. The second kappa shape index (κ2) is 5.08. The van der Waals surface area contributed by atoms with Gasteiger partial charge in [-0.15, -0.1) is 0 Å². The average molecular weight is 307 g/mol. The Labute approximate surface area is 135 Å². The zero-order valence-electron chi connectivity index (χ0n) is 13.8. The van der Waals surface area contributed by atoms with Gasteiger partial charge < -0.3 is 9.55 Å². The van der Waals surface area contributed by atoms with E-state index in [0.29, 0.717) is 0 Å². The van der Waals surface area contributed by atoms with Crippen LogP contribution in [0.2, 0.25) is 0 Å². The number of nitrogens with zero attached hydrogens (tertiary/aromatic N) is 2. The van der Waals surface area contributed by atoms with Crippen LogP contribution in [-0.2, 0) is 6.54 Å². The maximum absolute atomic E-state index is 11.9. The Kier molecular flexibility index (Phi) is 3.15. The number of nitrogens with one attached hydrogen (secondary N) is 1. The van der Waals surface area contributed by atoms with Crippen LogP contribution in [0, 0.1) is 19.8 Å². The lowest BCUT2D eigenvalue weighted by atomic mass is 10.1. The van der Waals surface area contributed by atoms with Crippen molar-refractivity contribution in [3.05, 3.63) is 41.1 Å². The van der Waals surface area contributed by atoms with Crippen LogP contribution in [0.15, 0.2) is 24.3 Å². The number of hydrogen-bond donors (Lipinski definition) is 1. The fourth-order valence-electron chi connectivity index (χ4n) is 3.51. The van der Waals surface area contributed by atoms with Crippen molar-refractivity contribution in [3.8, 4) is 11.5 Å². The summed E-state index contributed by atoms with van der Waals surface area (Å²) in [7, 11) is 0. The largest absolute Gasteiger partial charge is 0.355 e. The molecule has 4 heteroatoms. The van der Waals surface area contributed by atoms with E-state index in [0.717, 1.165) is 46.3 Å². The highest BCUT2D eigenvalue weighted by Gasteiger charge is 2.26. The standard InChI is InChI=1S/C19H21N3O/c1-11-17(13(3)23)12(2)20-18(11)19-21-15-6-4-5-7-16(15)22(19)10-14-8-9-14/h4-7,14,20H,8-10H2,1-3H3. The van der Waals surface area contributed by atoms with Gasteiger partial charge in [-0.25, -0.2) is 4.98 Å². The molecule has 1 aromatic carbocycles. The lowest BCUT2D eigenvalue weighted by Crippen LogP contribution is -2.03. The molecule has 0 bridgehead atoms. The predicted molar refractivity (Wildman–Crippen MR) is 91.7 cm³/mol. The van der Waals surface area contributed by atoms with Crippen LogP contribution in [0.1, 0.15) is 41.4 Å². The molecule has 0 unspecified atom stereocenters. The third-order valence-electron chi connectivity index (χ3n) is 4.81. The van der Waals surface area contributed by atoms with E-state index in [4.69, 9.17) is 4.98 Å². The molecule has 0 saturated heterocycles. The molecule has 1 aliphatic carbocycles. The van der Waals surface area contributed by atoms with E-state index >= 15 is 0 Å². The fourth-order valence-corrected chi connectivity index (χ4v) is 3.51. The van der Waals surface area contributed by atoms with Gasteiger partial charge in [0.05, 0.1) is 16.7 Å². The van der Waals surface area contributed by atoms with E-state index < -0.39 is 0 Å². The Hall–Kier alpha value is -2.36. The highest BCUT2D eigenvalue weighted by atomic mass is 16.1. The molecule has 4 rings (SSSR count). The zero-order valence-corrected chi connectivity index (χ0v) is 13.8. The first-order valence-electron chi connectivity index (χ1n) is 8.22. The van der Waals surface area contributed by atoms with E-state index in [1.165, 1.54) is 18.4 Å². The van der Waals surface area contributed by atoms with Crippen LogP contribution >= 0.6 is 0 Å². The molecule has 4 nitrogen and oxygen atoms in total. The molecule has 0 radical (unpaired) electrons. The highest BCUT2D eigenvalue weighted by Crippen LogP contribution is 2.35. The Balaban J connectivity index is 1.94. The van der Waals surface area contributed by atoms with E-state index in [9.17, 15) is 4.79 Å². The summed E-state index contributed by atoms with van der Waals surface area (Å²) in [6, 6.07) is 8.27. The van der Waals surface area contributed by atoms with E-state index in [1.807, 2.05) is 19.9 Å². The van der Waals surface area contributed by atoms with Crippen molar-refractivity contribution in [1.29, 1.82) is 0 Å². The summed E-state index contributed by atoms with van der Waals surface area (Å²) in [6.45, 7) is 6.60. The Bertz CT molecular complexity index is 912. The van der Waals surface area contributed by atoms with Crippen LogP contribution in [0.5, 0.6) is 0 Å². The summed E-state index contributed by atoms with van der Waals surface area (Å²) >= 11 is 0. The first kappa shape index (κ1) is 14.2. The summed E-state index contributed by atoms with van der Waals surface area (Å²) < 4.78 is 2.31. The topological polar surface area (TPSA) is 50.7 Å². The van der Waals surface area contributed by atoms with Gasteiger partial charge in [-0.1, -0.05) is 12.1 Å². The molecule has 23 heavy (non-hydrogen) atoms. The van der Waals surface area contributed by atoms with Gasteiger partial charge in [0.25, 0.3) is 0 Å². The normalized spacial score (nSPS) is 14.6. The predicted octanol–water partition coefficient (Wildman–Crippen LogP) is 4.26. The van der Waals surface area contributed by atoms with Crippen LogP contribution < -0.4 is 0 Å². The number of hydrogen-bond acceptors (Lipinski definition) is 2. The minimum Gasteiger partial charge on any atom is -0.355 e. The monoisotopic (exact) mass is 307 g/mol. The van der Waals surface area contributed by atoms with Gasteiger partial charge in [-0.05, 0) is 57.2 Å². The van der Waals surface area contributed by atoms with E-state index in [2.05, 4.69) is 27.8 Å². The number of carbonyl (C=O) groups is 1. The smallest absolute Gasteiger partial charge is 0.161 e. The number of Topliss-reactive ketones (excluding diaryl/α,β-unsaturated/α-hetero) is 1. The van der Waals surface area contributed by atoms with Gasteiger partial charge >= 0.3 is 0 Å². The molecular formula is C19H21N3O. The van der Waals surface area contributed by atoms with Gasteiger partial charge in [0.2, 0.25) is 0 Å². The van der Waals surface area contributed by atoms with E-state index in [1.54, 1.807) is 6.92 Å². The molecule has 118 valence electrons. The third-order valence-corrected chi connectivity index (χ3v) is 4.81. The Morgan fingerprint density at radius 1 is 1.30 bits per heavy atom. The zero-order chi connectivity index (χ0) is 16.1. The van der Waals surface area contributed by atoms with Gasteiger partial charge in [0.1, 0.15) is 0 Å². The van der Waals surface area contributed by atoms with Crippen molar-refractivity contribution in [1.82, 2.24) is 14.5 Å². The Morgan fingerprint density at radius 2 is 2.04 bits per heavy atom. The van der Waals surface area contributed by atoms with Crippen LogP contribution in [-0.4, -0.2) is 20.3 Å². The summed E-state index contributed by atoms with van der Waals surface area (Å²) in [5.41, 5.74) is 5.89. The molecule has 1 aliphatic rings. The van der Waals surface area contributed by atoms with Crippen molar-refractivity contribution in [2.24, 2.45) is 5.92 Å². The SMILES string of the molecule is CC(=O)c1c(C)[nH]c(-c2nc3ccccc3n2CC2CC2)c1C. The molecule has 0 amide bonds. The molecule has 1 saturated carbocycles. The first-order valence-corrected chi connectivity index (χ1v) is 8.22. The summed E-state index contributed by atoms with van der Waals surface area (Å²) in [5, 5.41) is 0. The van der Waals surface area contributed by atoms with Crippen LogP contribution in [0.25, 0.3) is 22.6 Å². The second-order valence-corrected chi connectivity index (χ2v) is 6.66. The quantitative estimate of drug-likeness (QED) is 0.732. The second-order valence-electron chi connectivity index (χ2n) is 6.66.